The van der Waals surface area contributed by atoms with Gasteiger partial charge in [-0.2, -0.15) is 0 Å². The molecular weight excluding hydrogens is 276 g/mol. The summed E-state index contributed by atoms with van der Waals surface area (Å²) in [6.07, 6.45) is 2.81. The minimum Gasteiger partial charge on any atom is -0.379 e. The third-order valence-electron chi connectivity index (χ3n) is 3.08. The van der Waals surface area contributed by atoms with Crippen LogP contribution < -0.4 is 5.32 Å². The summed E-state index contributed by atoms with van der Waals surface area (Å²) < 4.78 is 11.3. The van der Waals surface area contributed by atoms with E-state index in [1.807, 2.05) is 19.9 Å². The van der Waals surface area contributed by atoms with Crippen LogP contribution in [-0.2, 0) is 9.47 Å². The lowest BCUT2D eigenvalue weighted by Gasteiger charge is -2.31. The molecular formula is C14H20N2O3S. The number of nitrogens with zero attached hydrogens (tertiary/aromatic N) is 1. The summed E-state index contributed by atoms with van der Waals surface area (Å²) >= 11 is 1.41. The lowest BCUT2D eigenvalue weighted by Crippen LogP contribution is -2.50. The molecule has 1 amide bonds. The molecule has 0 aliphatic carbocycles. The lowest BCUT2D eigenvalue weighted by atomic mass is 10.1. The first-order valence-electron chi connectivity index (χ1n) is 6.68. The van der Waals surface area contributed by atoms with Crippen molar-refractivity contribution in [2.75, 3.05) is 19.8 Å². The Hall–Kier alpha value is -1.24. The smallest absolute Gasteiger partial charge is 0.271 e. The van der Waals surface area contributed by atoms with Crippen LogP contribution in [-0.4, -0.2) is 42.9 Å². The van der Waals surface area contributed by atoms with Gasteiger partial charge in [0, 0.05) is 12.0 Å². The Kier molecular flexibility index (Phi) is 5.70. The van der Waals surface area contributed by atoms with E-state index in [1.165, 1.54) is 16.9 Å². The van der Waals surface area contributed by atoms with Crippen molar-refractivity contribution < 1.29 is 14.3 Å². The van der Waals surface area contributed by atoms with Gasteiger partial charge in [0.15, 0.2) is 0 Å². The number of allylic oxidation sites excluding steroid dienone is 1. The normalized spacial score (nSPS) is 22.3. The van der Waals surface area contributed by atoms with E-state index in [9.17, 15) is 4.79 Å². The second kappa shape index (κ2) is 7.52. The highest BCUT2D eigenvalue weighted by atomic mass is 32.1. The molecule has 0 radical (unpaired) electrons. The van der Waals surface area contributed by atoms with Crippen molar-refractivity contribution in [2.45, 2.75) is 32.4 Å². The summed E-state index contributed by atoms with van der Waals surface area (Å²) in [7, 11) is 0. The minimum absolute atomic E-state index is 0.0121. The molecule has 1 aromatic heterocycles. The first kappa shape index (κ1) is 15.2. The van der Waals surface area contributed by atoms with Crippen LogP contribution in [0.1, 0.15) is 30.8 Å². The Balaban J connectivity index is 1.89. The third kappa shape index (κ3) is 4.40. The number of hydrogen-bond acceptors (Lipinski definition) is 5. The standard InChI is InChI=1S/C14H20N2O3S/c1-10(2)3-6-19-13-4-5-18-7-11(13)16-14(17)12-8-20-9-15-12/h3,8-9,11,13H,4-7H2,1-2H3,(H,16,17)/t11-,13+/m0/s1. The fraction of sp³-hybridized carbons (Fsp3) is 0.571. The van der Waals surface area contributed by atoms with Crippen molar-refractivity contribution in [3.05, 3.63) is 28.2 Å². The number of ether oxygens (including phenoxy) is 2. The monoisotopic (exact) mass is 296 g/mol. The maximum absolute atomic E-state index is 12.0. The van der Waals surface area contributed by atoms with E-state index in [0.29, 0.717) is 25.5 Å². The average molecular weight is 296 g/mol. The number of hydrogen-bond donors (Lipinski definition) is 1. The minimum atomic E-state index is -0.169. The van der Waals surface area contributed by atoms with Gasteiger partial charge in [0.1, 0.15) is 5.69 Å². The fourth-order valence-electron chi connectivity index (χ4n) is 1.96. The highest BCUT2D eigenvalue weighted by Gasteiger charge is 2.28. The number of nitrogens with one attached hydrogen (secondary N) is 1. The van der Waals surface area contributed by atoms with Crippen LogP contribution in [0.25, 0.3) is 0 Å². The van der Waals surface area contributed by atoms with E-state index in [2.05, 4.69) is 10.3 Å². The van der Waals surface area contributed by atoms with Crippen LogP contribution in [0.4, 0.5) is 0 Å². The summed E-state index contributed by atoms with van der Waals surface area (Å²) in [4.78, 5) is 16.0. The molecule has 0 unspecified atom stereocenters. The Labute approximate surface area is 123 Å². The van der Waals surface area contributed by atoms with Crippen LogP contribution in [0.2, 0.25) is 0 Å². The van der Waals surface area contributed by atoms with Gasteiger partial charge in [0.05, 0.1) is 30.9 Å². The summed E-state index contributed by atoms with van der Waals surface area (Å²) in [6.45, 7) is 5.79. The zero-order valence-corrected chi connectivity index (χ0v) is 12.6. The SMILES string of the molecule is CC(C)=CCO[C@@H]1CCOC[C@@H]1NC(=O)c1cscn1. The van der Waals surface area contributed by atoms with Gasteiger partial charge in [-0.15, -0.1) is 11.3 Å². The van der Waals surface area contributed by atoms with Crippen molar-refractivity contribution in [2.24, 2.45) is 0 Å². The van der Waals surface area contributed by atoms with E-state index in [4.69, 9.17) is 9.47 Å². The molecule has 1 saturated heterocycles. The van der Waals surface area contributed by atoms with Crippen molar-refractivity contribution in [1.82, 2.24) is 10.3 Å². The molecule has 0 saturated carbocycles. The molecule has 6 heteroatoms. The van der Waals surface area contributed by atoms with Gasteiger partial charge in [-0.3, -0.25) is 4.79 Å². The number of aromatic nitrogens is 1. The topological polar surface area (TPSA) is 60.5 Å². The first-order valence-corrected chi connectivity index (χ1v) is 7.63. The molecule has 20 heavy (non-hydrogen) atoms. The molecule has 0 bridgehead atoms. The maximum atomic E-state index is 12.0. The van der Waals surface area contributed by atoms with Crippen LogP contribution in [0, 0.1) is 0 Å². The third-order valence-corrected chi connectivity index (χ3v) is 3.66. The average Bonchev–Trinajstić information content (AvgIpc) is 2.94. The quantitative estimate of drug-likeness (QED) is 0.844. The molecule has 0 spiro atoms. The fourth-order valence-corrected chi connectivity index (χ4v) is 2.49. The van der Waals surface area contributed by atoms with Crippen molar-refractivity contribution in [3.63, 3.8) is 0 Å². The molecule has 2 heterocycles. The van der Waals surface area contributed by atoms with E-state index in [0.717, 1.165) is 6.42 Å². The number of thiazole rings is 1. The number of carbonyl (C=O) groups excluding carboxylic acids is 1. The summed E-state index contributed by atoms with van der Waals surface area (Å²) in [5.74, 6) is -0.169. The lowest BCUT2D eigenvalue weighted by molar-refractivity contribution is -0.0457. The Morgan fingerprint density at radius 1 is 1.65 bits per heavy atom. The molecule has 1 aliphatic rings. The van der Waals surface area contributed by atoms with E-state index in [1.54, 1.807) is 10.9 Å². The molecule has 2 atom stereocenters. The first-order chi connectivity index (χ1) is 9.66. The van der Waals surface area contributed by atoms with Crippen LogP contribution in [0.5, 0.6) is 0 Å². The molecule has 0 aromatic carbocycles. The van der Waals surface area contributed by atoms with Gasteiger partial charge < -0.3 is 14.8 Å². The van der Waals surface area contributed by atoms with Gasteiger partial charge >= 0.3 is 0 Å². The molecule has 1 fully saturated rings. The predicted octanol–water partition coefficient (Wildman–Crippen LogP) is 2.01. The van der Waals surface area contributed by atoms with E-state index in [-0.39, 0.29) is 18.1 Å². The van der Waals surface area contributed by atoms with E-state index < -0.39 is 0 Å². The van der Waals surface area contributed by atoms with Crippen molar-refractivity contribution >= 4 is 17.2 Å². The molecule has 1 aliphatic heterocycles. The van der Waals surface area contributed by atoms with Gasteiger partial charge in [-0.25, -0.2) is 4.98 Å². The van der Waals surface area contributed by atoms with E-state index >= 15 is 0 Å². The van der Waals surface area contributed by atoms with Gasteiger partial charge in [0.2, 0.25) is 0 Å². The Morgan fingerprint density at radius 2 is 2.50 bits per heavy atom. The van der Waals surface area contributed by atoms with Gasteiger partial charge in [-0.1, -0.05) is 11.6 Å². The van der Waals surface area contributed by atoms with Crippen LogP contribution >= 0.6 is 11.3 Å². The zero-order valence-electron chi connectivity index (χ0n) is 11.8. The number of carbonyl (C=O) groups is 1. The predicted molar refractivity (Wildman–Crippen MR) is 78.0 cm³/mol. The van der Waals surface area contributed by atoms with Gasteiger partial charge in [0.25, 0.3) is 5.91 Å². The van der Waals surface area contributed by atoms with Crippen LogP contribution in [0.3, 0.4) is 0 Å². The molecule has 5 nitrogen and oxygen atoms in total. The van der Waals surface area contributed by atoms with Crippen molar-refractivity contribution in [3.8, 4) is 0 Å². The molecule has 1 N–H and O–H groups in total. The molecule has 110 valence electrons. The zero-order chi connectivity index (χ0) is 14.4. The molecule has 1 aromatic rings. The number of amides is 1. The Morgan fingerprint density at radius 3 is 3.20 bits per heavy atom. The summed E-state index contributed by atoms with van der Waals surface area (Å²) in [5.41, 5.74) is 3.32. The Bertz CT molecular complexity index is 455. The highest BCUT2D eigenvalue weighted by Crippen LogP contribution is 2.13. The summed E-state index contributed by atoms with van der Waals surface area (Å²) in [6, 6.07) is -0.122. The van der Waals surface area contributed by atoms with Gasteiger partial charge in [-0.05, 0) is 20.3 Å². The molecule has 2 rings (SSSR count). The number of rotatable bonds is 5. The highest BCUT2D eigenvalue weighted by molar-refractivity contribution is 7.07. The van der Waals surface area contributed by atoms with Crippen LogP contribution in [0.15, 0.2) is 22.5 Å². The second-order valence-electron chi connectivity index (χ2n) is 4.97. The second-order valence-corrected chi connectivity index (χ2v) is 5.69. The van der Waals surface area contributed by atoms with Crippen molar-refractivity contribution in [1.29, 1.82) is 0 Å². The summed E-state index contributed by atoms with van der Waals surface area (Å²) in [5, 5.41) is 4.68. The maximum Gasteiger partial charge on any atom is 0.271 e. The largest absolute Gasteiger partial charge is 0.379 e.